The number of aliphatic hydroxyl groups excluding tert-OH is 4. The number of hydrogen-bond donors (Lipinski definition) is 8. The van der Waals surface area contributed by atoms with Crippen LogP contribution in [0.5, 0.6) is 0 Å². The predicted octanol–water partition coefficient (Wildman–Crippen LogP) is 1.93. The fourth-order valence-corrected chi connectivity index (χ4v) is 8.36. The molecular weight excluding hydrogens is 582 g/mol. The van der Waals surface area contributed by atoms with Crippen molar-refractivity contribution in [1.29, 1.82) is 0 Å². The Balaban J connectivity index is 1.23. The van der Waals surface area contributed by atoms with E-state index in [-0.39, 0.29) is 13.1 Å². The molecule has 2 saturated heterocycles. The van der Waals surface area contributed by atoms with Crippen LogP contribution in [0.2, 0.25) is 0 Å². The molecule has 2 heterocycles. The van der Waals surface area contributed by atoms with Gasteiger partial charge in [0.25, 0.3) is 0 Å². The molecule has 2 aliphatic carbocycles. The van der Waals surface area contributed by atoms with E-state index in [4.69, 9.17) is 9.47 Å². The topological polar surface area (TPSA) is 184 Å². The maximum absolute atomic E-state index is 11.1. The summed E-state index contributed by atoms with van der Waals surface area (Å²) in [6, 6.07) is 0. The number of rotatable bonds is 21. The Morgan fingerprint density at radius 2 is 0.867 bits per heavy atom. The molecule has 0 spiro atoms. The molecule has 45 heavy (non-hydrogen) atoms. The van der Waals surface area contributed by atoms with Crippen LogP contribution >= 0.6 is 0 Å². The summed E-state index contributed by atoms with van der Waals surface area (Å²) in [5.74, 6) is -3.94. The van der Waals surface area contributed by atoms with Crippen molar-refractivity contribution in [3.63, 3.8) is 0 Å². The third-order valence-electron chi connectivity index (χ3n) is 12.1. The van der Waals surface area contributed by atoms with Gasteiger partial charge in [-0.15, -0.1) is 0 Å². The van der Waals surface area contributed by atoms with Crippen LogP contribution in [0.3, 0.4) is 0 Å². The Kier molecular flexibility index (Phi) is 11.5. The zero-order chi connectivity index (χ0) is 33.5. The van der Waals surface area contributed by atoms with E-state index in [1.54, 1.807) is 32.6 Å². The summed E-state index contributed by atoms with van der Waals surface area (Å²) in [7, 11) is 0. The second-order valence-electron chi connectivity index (χ2n) is 15.6. The van der Waals surface area contributed by atoms with Gasteiger partial charge in [0.1, 0.15) is 24.4 Å². The van der Waals surface area contributed by atoms with E-state index in [1.807, 2.05) is 0 Å². The second-order valence-corrected chi connectivity index (χ2v) is 15.6. The lowest BCUT2D eigenvalue weighted by molar-refractivity contribution is -0.202. The van der Waals surface area contributed by atoms with Gasteiger partial charge in [0.15, 0.2) is 11.2 Å². The minimum atomic E-state index is -1.97. The van der Waals surface area contributed by atoms with Crippen LogP contribution in [0.1, 0.15) is 125 Å². The SMILES string of the molecule is CCCCCCCCCCCCCCCCN(C[C@@H](O)[C@H]1O[C@@]2(O)C(C)(C)[C@@]2(O)[C@H]1O)C[C@@H](O)[C@H]1O[C@@]2(O)C(C)(C)[C@@]2(O)[C@H]1O. The standard InChI is InChI=1S/C34H63NO10/c1-6-7-8-9-10-11-12-13-14-15-16-17-18-19-20-35(21-23(36)25-27(38)31(40)29(2,3)33(31,42)44-25)22-24(37)26-28(39)32(41)30(4,5)34(32,43)45-26/h23-28,36-43H,6-22H2,1-5H3/t23-,24-,25-,26-,27+,28+,31+,32+,33+,34+/m1/s1. The molecule has 11 nitrogen and oxygen atoms in total. The highest BCUT2D eigenvalue weighted by Gasteiger charge is 2.93. The van der Waals surface area contributed by atoms with Gasteiger partial charge in [0.05, 0.1) is 23.0 Å². The average Bonchev–Trinajstić information content (AvgIpc) is 3.31. The molecule has 0 aromatic carbocycles. The lowest BCUT2D eigenvalue weighted by atomic mass is 9.94. The maximum Gasteiger partial charge on any atom is 0.207 e. The summed E-state index contributed by atoms with van der Waals surface area (Å²) in [4.78, 5) is 1.77. The normalized spacial score (nSPS) is 40.4. The van der Waals surface area contributed by atoms with Gasteiger partial charge < -0.3 is 50.3 Å². The maximum atomic E-state index is 11.1. The third-order valence-corrected chi connectivity index (χ3v) is 12.1. The van der Waals surface area contributed by atoms with Gasteiger partial charge in [-0.05, 0) is 13.0 Å². The molecule has 0 aromatic rings. The van der Waals surface area contributed by atoms with Crippen molar-refractivity contribution in [2.24, 2.45) is 10.8 Å². The summed E-state index contributed by atoms with van der Waals surface area (Å²) in [5, 5.41) is 87.1. The zero-order valence-electron chi connectivity index (χ0n) is 28.3. The van der Waals surface area contributed by atoms with E-state index >= 15 is 0 Å². The molecule has 0 bridgehead atoms. The predicted molar refractivity (Wildman–Crippen MR) is 168 cm³/mol. The number of unbranched alkanes of at least 4 members (excludes halogenated alkanes) is 13. The minimum absolute atomic E-state index is 0.0489. The van der Waals surface area contributed by atoms with Crippen LogP contribution in [0.4, 0.5) is 0 Å². The molecular formula is C34H63NO10. The molecule has 0 aromatic heterocycles. The fraction of sp³-hybridized carbons (Fsp3) is 1.00. The van der Waals surface area contributed by atoms with Crippen molar-refractivity contribution in [2.75, 3.05) is 19.6 Å². The van der Waals surface area contributed by atoms with Crippen LogP contribution in [0.15, 0.2) is 0 Å². The molecule has 2 saturated carbocycles. The monoisotopic (exact) mass is 645 g/mol. The Morgan fingerprint density at radius 1 is 0.556 bits per heavy atom. The Hall–Kier alpha value is -0.440. The van der Waals surface area contributed by atoms with Gasteiger partial charge >= 0.3 is 0 Å². The summed E-state index contributed by atoms with van der Waals surface area (Å²) in [6.45, 7) is 8.95. The van der Waals surface area contributed by atoms with Gasteiger partial charge in [-0.2, -0.15) is 0 Å². The fourth-order valence-electron chi connectivity index (χ4n) is 8.36. The summed E-state index contributed by atoms with van der Waals surface area (Å²) in [6.07, 6.45) is 8.87. The Bertz CT molecular complexity index is 923. The largest absolute Gasteiger partial charge is 0.389 e. The van der Waals surface area contributed by atoms with Crippen molar-refractivity contribution in [2.45, 2.75) is 184 Å². The molecule has 2 aliphatic heterocycles. The van der Waals surface area contributed by atoms with E-state index in [0.29, 0.717) is 6.54 Å². The summed E-state index contributed by atoms with van der Waals surface area (Å²) < 4.78 is 11.2. The van der Waals surface area contributed by atoms with Crippen molar-refractivity contribution in [3.05, 3.63) is 0 Å². The third kappa shape index (κ3) is 6.05. The number of fused-ring (bicyclic) bond motifs is 2. The lowest BCUT2D eigenvalue weighted by Gasteiger charge is -2.35. The first-order valence-electron chi connectivity index (χ1n) is 17.7. The van der Waals surface area contributed by atoms with E-state index in [2.05, 4.69) is 6.92 Å². The van der Waals surface area contributed by atoms with Gasteiger partial charge in [0, 0.05) is 13.1 Å². The van der Waals surface area contributed by atoms with Crippen molar-refractivity contribution >= 4 is 0 Å². The van der Waals surface area contributed by atoms with E-state index in [0.717, 1.165) is 25.7 Å². The minimum Gasteiger partial charge on any atom is -0.389 e. The van der Waals surface area contributed by atoms with Crippen molar-refractivity contribution < 1.29 is 50.3 Å². The van der Waals surface area contributed by atoms with Gasteiger partial charge in [-0.1, -0.05) is 118 Å². The molecule has 4 rings (SSSR count). The molecule has 8 N–H and O–H groups in total. The number of nitrogens with zero attached hydrogens (tertiary/aromatic N) is 1. The highest BCUT2D eigenvalue weighted by Crippen LogP contribution is 2.72. The van der Waals surface area contributed by atoms with E-state index < -0.39 is 70.2 Å². The van der Waals surface area contributed by atoms with Crippen LogP contribution in [-0.4, -0.2) is 125 Å². The highest BCUT2D eigenvalue weighted by molar-refractivity contribution is 5.36. The zero-order valence-corrected chi connectivity index (χ0v) is 28.3. The number of ether oxygens (including phenoxy) is 2. The van der Waals surface area contributed by atoms with Crippen LogP contribution in [-0.2, 0) is 9.47 Å². The van der Waals surface area contributed by atoms with Crippen LogP contribution in [0, 0.1) is 10.8 Å². The first-order chi connectivity index (χ1) is 21.0. The van der Waals surface area contributed by atoms with Gasteiger partial charge in [-0.3, -0.25) is 4.90 Å². The highest BCUT2D eigenvalue weighted by atomic mass is 16.7. The quantitative estimate of drug-likeness (QED) is 0.0854. The molecule has 0 unspecified atom stereocenters. The van der Waals surface area contributed by atoms with Gasteiger partial charge in [0.2, 0.25) is 11.6 Å². The number of hydrogen-bond acceptors (Lipinski definition) is 11. The van der Waals surface area contributed by atoms with Crippen LogP contribution < -0.4 is 0 Å². The smallest absolute Gasteiger partial charge is 0.207 e. The van der Waals surface area contributed by atoms with Crippen LogP contribution in [0.25, 0.3) is 0 Å². The first-order valence-corrected chi connectivity index (χ1v) is 17.7. The summed E-state index contributed by atoms with van der Waals surface area (Å²) in [5.41, 5.74) is -5.98. The Morgan fingerprint density at radius 3 is 1.16 bits per heavy atom. The first kappa shape index (κ1) is 37.4. The molecule has 4 fully saturated rings. The average molecular weight is 646 g/mol. The van der Waals surface area contributed by atoms with E-state index in [9.17, 15) is 40.9 Å². The lowest BCUT2D eigenvalue weighted by Crippen LogP contribution is -2.53. The van der Waals surface area contributed by atoms with Crippen molar-refractivity contribution in [1.82, 2.24) is 4.90 Å². The molecule has 264 valence electrons. The van der Waals surface area contributed by atoms with Gasteiger partial charge in [-0.25, -0.2) is 0 Å². The molecule has 11 heteroatoms. The number of aliphatic hydroxyl groups is 8. The van der Waals surface area contributed by atoms with E-state index in [1.165, 1.54) is 64.2 Å². The molecule has 10 atom stereocenters. The molecule has 0 radical (unpaired) electrons. The molecule has 0 amide bonds. The molecule has 4 aliphatic rings. The summed E-state index contributed by atoms with van der Waals surface area (Å²) >= 11 is 0. The second kappa shape index (κ2) is 13.8. The Labute approximate surface area is 269 Å². The van der Waals surface area contributed by atoms with Crippen molar-refractivity contribution in [3.8, 4) is 0 Å².